The molecule has 2 heterocycles. The molecule has 2 N–H and O–H groups in total. The van der Waals surface area contributed by atoms with Crippen LogP contribution < -0.4 is 10.0 Å². The Morgan fingerprint density at radius 1 is 0.891 bits per heavy atom. The summed E-state index contributed by atoms with van der Waals surface area (Å²) in [6.45, 7) is 14.8. The van der Waals surface area contributed by atoms with Gasteiger partial charge in [-0.05, 0) is 69.7 Å². The lowest BCUT2D eigenvalue weighted by Gasteiger charge is -2.24. The number of rotatable bonds is 23. The van der Waals surface area contributed by atoms with Crippen LogP contribution in [0.5, 0.6) is 0 Å². The van der Waals surface area contributed by atoms with Crippen molar-refractivity contribution in [1.29, 1.82) is 0 Å². The summed E-state index contributed by atoms with van der Waals surface area (Å²) in [6.07, 6.45) is 15.8. The number of anilines is 2. The van der Waals surface area contributed by atoms with Crippen molar-refractivity contribution in [3.05, 3.63) is 45.7 Å². The molecule has 11 nitrogen and oxygen atoms in total. The number of cyclic esters (lactones) is 1. The van der Waals surface area contributed by atoms with Crippen LogP contribution in [0.2, 0.25) is 5.02 Å². The van der Waals surface area contributed by atoms with Crippen molar-refractivity contribution < 1.29 is 32.3 Å². The molecule has 1 atom stereocenters. The van der Waals surface area contributed by atoms with E-state index in [1.54, 1.807) is 13.8 Å². The number of unbranched alkanes of at least 4 members (excludes halogenated alkanes) is 13. The fourth-order valence-electron chi connectivity index (χ4n) is 7.15. The number of nitrogens with one attached hydrogen (secondary N) is 2. The van der Waals surface area contributed by atoms with Gasteiger partial charge in [-0.25, -0.2) is 18.1 Å². The van der Waals surface area contributed by atoms with Crippen LogP contribution in [-0.4, -0.2) is 59.0 Å². The molecule has 55 heavy (non-hydrogen) atoms. The number of Topliss-reactive ketones (excluding diaryl/α,β-unsaturated/α-hetero) is 1. The average Bonchev–Trinajstić information content (AvgIpc) is 3.41. The predicted molar refractivity (Wildman–Crippen MR) is 221 cm³/mol. The van der Waals surface area contributed by atoms with Gasteiger partial charge in [0.25, 0.3) is 11.8 Å². The van der Waals surface area contributed by atoms with Crippen molar-refractivity contribution in [2.75, 3.05) is 15.8 Å². The number of nitrogens with zero attached hydrogens (tertiary/aromatic N) is 2. The van der Waals surface area contributed by atoms with Gasteiger partial charge in [0, 0.05) is 24.0 Å². The van der Waals surface area contributed by atoms with Crippen LogP contribution in [0.15, 0.2) is 18.2 Å². The lowest BCUT2D eigenvalue weighted by atomic mass is 9.88. The van der Waals surface area contributed by atoms with Crippen molar-refractivity contribution in [2.24, 2.45) is 12.5 Å². The summed E-state index contributed by atoms with van der Waals surface area (Å²) >= 11 is 6.46. The number of hydrogen-bond donors (Lipinski definition) is 2. The van der Waals surface area contributed by atoms with Gasteiger partial charge in [0.2, 0.25) is 10.0 Å². The number of halogens is 1. The van der Waals surface area contributed by atoms with E-state index in [9.17, 15) is 27.6 Å². The Kier molecular flexibility index (Phi) is 16.9. The third-order valence-electron chi connectivity index (χ3n) is 10.3. The zero-order chi connectivity index (χ0) is 41.1. The molecule has 1 saturated heterocycles. The molecule has 1 aromatic heterocycles. The minimum atomic E-state index is -3.72. The molecule has 1 unspecified atom stereocenters. The van der Waals surface area contributed by atoms with Crippen LogP contribution in [0.3, 0.4) is 0 Å². The van der Waals surface area contributed by atoms with Gasteiger partial charge in [0.05, 0.1) is 22.2 Å². The Labute approximate surface area is 334 Å². The highest BCUT2D eigenvalue weighted by Crippen LogP contribution is 2.33. The van der Waals surface area contributed by atoms with Gasteiger partial charge in [0.1, 0.15) is 0 Å². The second-order valence-corrected chi connectivity index (χ2v) is 19.1. The van der Waals surface area contributed by atoms with E-state index >= 15 is 0 Å². The molecule has 3 amide bonds. The second kappa shape index (κ2) is 20.2. The molecule has 1 aliphatic rings. The maximum Gasteiger partial charge on any atom is 0.418 e. The Morgan fingerprint density at radius 3 is 1.91 bits per heavy atom. The highest BCUT2D eigenvalue weighted by molar-refractivity contribution is 7.92. The van der Waals surface area contributed by atoms with E-state index in [1.807, 2.05) is 11.6 Å². The summed E-state index contributed by atoms with van der Waals surface area (Å²) in [6, 6.07) is 2.31. The number of ketones is 1. The fraction of sp³-hybridized carbons (Fsp3) is 0.667. The molecule has 2 aromatic rings. The van der Waals surface area contributed by atoms with E-state index in [0.29, 0.717) is 29.0 Å². The van der Waals surface area contributed by atoms with Crippen molar-refractivity contribution in [3.8, 4) is 0 Å². The molecule has 1 fully saturated rings. The van der Waals surface area contributed by atoms with Gasteiger partial charge in [-0.3, -0.25) is 19.1 Å². The Balaban J connectivity index is 1.68. The molecular formula is C42H65ClN4O7S. The van der Waals surface area contributed by atoms with Crippen LogP contribution in [0.4, 0.5) is 16.2 Å². The molecule has 0 radical (unpaired) electrons. The van der Waals surface area contributed by atoms with E-state index in [4.69, 9.17) is 16.3 Å². The zero-order valence-electron chi connectivity index (χ0n) is 34.7. The summed E-state index contributed by atoms with van der Waals surface area (Å²) in [7, 11) is -1.88. The number of imide groups is 1. The molecule has 0 bridgehead atoms. The Bertz CT molecular complexity index is 1780. The van der Waals surface area contributed by atoms with Crippen molar-refractivity contribution >= 4 is 56.7 Å². The largest absolute Gasteiger partial charge is 0.433 e. The van der Waals surface area contributed by atoms with Crippen LogP contribution in [0.25, 0.3) is 0 Å². The molecule has 3 rings (SSSR count). The van der Waals surface area contributed by atoms with Crippen LogP contribution in [0.1, 0.15) is 159 Å². The maximum absolute atomic E-state index is 14.5. The normalized spacial score (nSPS) is 15.0. The first-order valence-corrected chi connectivity index (χ1v) is 22.1. The van der Waals surface area contributed by atoms with Gasteiger partial charge in [-0.15, -0.1) is 0 Å². The van der Waals surface area contributed by atoms with Gasteiger partial charge >= 0.3 is 6.09 Å². The maximum atomic E-state index is 14.5. The van der Waals surface area contributed by atoms with E-state index in [0.717, 1.165) is 25.0 Å². The smallest absolute Gasteiger partial charge is 0.418 e. The molecule has 0 aliphatic carbocycles. The third kappa shape index (κ3) is 13.1. The highest BCUT2D eigenvalue weighted by atomic mass is 35.5. The lowest BCUT2D eigenvalue weighted by molar-refractivity contribution is -0.137. The zero-order valence-corrected chi connectivity index (χ0v) is 36.2. The van der Waals surface area contributed by atoms with Crippen LogP contribution >= 0.6 is 11.6 Å². The number of carbonyl (C=O) groups is 4. The Hall–Kier alpha value is -3.38. The van der Waals surface area contributed by atoms with Crippen molar-refractivity contribution in [3.63, 3.8) is 0 Å². The second-order valence-electron chi connectivity index (χ2n) is 16.8. The minimum Gasteiger partial charge on any atom is -0.433 e. The minimum absolute atomic E-state index is 0.00430. The SMILES string of the molecule is CCCCCCCCCCCCCCCCS(=O)(=O)Nc1ccc(Cl)c(NC(=O)C(C(=O)c2c(C)c(CC(C)(C)C)n(C)c2C)N2C(=O)OC(C)(C)C2=O)c1. The van der Waals surface area contributed by atoms with Gasteiger partial charge in [-0.2, -0.15) is 0 Å². The van der Waals surface area contributed by atoms with Crippen molar-refractivity contribution in [1.82, 2.24) is 9.47 Å². The Morgan fingerprint density at radius 2 is 1.42 bits per heavy atom. The van der Waals surface area contributed by atoms with Gasteiger partial charge in [0.15, 0.2) is 17.4 Å². The lowest BCUT2D eigenvalue weighted by Crippen LogP contribution is -2.53. The number of aromatic nitrogens is 1. The first kappa shape index (κ1) is 46.0. The van der Waals surface area contributed by atoms with E-state index in [1.165, 1.54) is 96.3 Å². The molecular weight excluding hydrogens is 740 g/mol. The molecule has 1 aromatic carbocycles. The number of hydrogen-bond acceptors (Lipinski definition) is 7. The summed E-state index contributed by atoms with van der Waals surface area (Å²) in [4.78, 5) is 55.7. The first-order valence-electron chi connectivity index (χ1n) is 20.1. The van der Waals surface area contributed by atoms with Gasteiger partial charge in [-0.1, -0.05) is 123 Å². The fourth-order valence-corrected chi connectivity index (χ4v) is 8.49. The molecule has 0 spiro atoms. The first-order chi connectivity index (χ1) is 25.7. The van der Waals surface area contributed by atoms with Crippen molar-refractivity contribution in [2.45, 2.75) is 163 Å². The average molecular weight is 806 g/mol. The van der Waals surface area contributed by atoms with Crippen LogP contribution in [0, 0.1) is 19.3 Å². The molecule has 0 saturated carbocycles. The third-order valence-corrected chi connectivity index (χ3v) is 12.0. The number of ether oxygens (including phenoxy) is 1. The van der Waals surface area contributed by atoms with E-state index < -0.39 is 45.4 Å². The topological polar surface area (TPSA) is 144 Å². The van der Waals surface area contributed by atoms with Crippen LogP contribution in [-0.2, 0) is 37.8 Å². The highest BCUT2D eigenvalue weighted by Gasteiger charge is 2.54. The predicted octanol–water partition coefficient (Wildman–Crippen LogP) is 10.1. The summed E-state index contributed by atoms with van der Waals surface area (Å²) in [5, 5.41) is 2.65. The van der Waals surface area contributed by atoms with Gasteiger partial charge < -0.3 is 14.6 Å². The summed E-state index contributed by atoms with van der Waals surface area (Å²) < 4.78 is 35.7. The molecule has 308 valence electrons. The monoisotopic (exact) mass is 804 g/mol. The molecule has 13 heteroatoms. The number of benzene rings is 1. The number of amides is 3. The number of sulfonamides is 1. The summed E-state index contributed by atoms with van der Waals surface area (Å²) in [5.41, 5.74) is 0.773. The van der Waals surface area contributed by atoms with E-state index in [2.05, 4.69) is 37.7 Å². The van der Waals surface area contributed by atoms with E-state index in [-0.39, 0.29) is 33.1 Å². The number of carbonyl (C=O) groups excluding carboxylic acids is 4. The quantitative estimate of drug-likeness (QED) is 0.0646. The molecule has 1 aliphatic heterocycles. The standard InChI is InChI=1S/C42H65ClN4O7S/c1-10-11-12-13-14-15-16-17-18-19-20-21-22-23-26-55(52,53)45-31-24-25-32(43)33(27-31)44-38(49)36(47-39(50)42(7,8)54-40(47)51)37(48)35-29(2)34(28-41(4,5)6)46(9)30(35)3/h24-25,27,36,45H,10-23,26,28H2,1-9H3,(H,44,49). The summed E-state index contributed by atoms with van der Waals surface area (Å²) in [5.74, 6) is -2.67.